The summed E-state index contributed by atoms with van der Waals surface area (Å²) in [6.07, 6.45) is 19.7. The Balaban J connectivity index is 0. The third-order valence-corrected chi connectivity index (χ3v) is 5.20. The first-order valence-corrected chi connectivity index (χ1v) is 11.5. The van der Waals surface area contributed by atoms with E-state index >= 15 is 0 Å². The van der Waals surface area contributed by atoms with Crippen molar-refractivity contribution >= 4 is 87.4 Å². The number of rotatable bonds is 17. The molecular weight excluding hydrogens is 428 g/mol. The Labute approximate surface area is 244 Å². The zero-order valence-electron chi connectivity index (χ0n) is 17.9. The second-order valence-corrected chi connectivity index (χ2v) is 7.83. The topological polar surface area (TPSA) is 43.4 Å². The van der Waals surface area contributed by atoms with Crippen molar-refractivity contribution in [1.29, 1.82) is 0 Å². The van der Waals surface area contributed by atoms with Crippen LogP contribution in [0.5, 0.6) is 0 Å². The molecule has 0 radical (unpaired) electrons. The second kappa shape index (κ2) is 24.5. The number of unbranched alkanes of at least 4 members (excludes halogenated alkanes) is 14. The van der Waals surface area contributed by atoms with Crippen LogP contribution in [0.1, 0.15) is 120 Å². The third-order valence-electron chi connectivity index (χ3n) is 5.20. The van der Waals surface area contributed by atoms with E-state index in [1.54, 1.807) is 24.3 Å². The summed E-state index contributed by atoms with van der Waals surface area (Å²) < 4.78 is 4.88. The van der Waals surface area contributed by atoms with Crippen LogP contribution in [0.25, 0.3) is 0 Å². The van der Waals surface area contributed by atoms with Crippen LogP contribution in [-0.2, 0) is 9.53 Å². The van der Waals surface area contributed by atoms with Gasteiger partial charge < -0.3 is 4.74 Å². The fourth-order valence-corrected chi connectivity index (χ4v) is 3.43. The number of carbonyl (C=O) groups is 2. The summed E-state index contributed by atoms with van der Waals surface area (Å²) in [6, 6.07) is 8.66. The second-order valence-electron chi connectivity index (χ2n) is 7.83. The van der Waals surface area contributed by atoms with E-state index in [1.807, 2.05) is 6.07 Å². The van der Waals surface area contributed by atoms with Gasteiger partial charge in [-0.15, -0.1) is 0 Å². The zero-order chi connectivity index (χ0) is 20.3. The molecule has 0 unspecified atom stereocenters. The third kappa shape index (κ3) is 19.6. The fourth-order valence-electron chi connectivity index (χ4n) is 3.43. The number of esters is 2. The molecule has 5 heteroatoms. The van der Waals surface area contributed by atoms with Gasteiger partial charge in [-0.1, -0.05) is 115 Å². The molecule has 166 valence electrons. The zero-order valence-corrected chi connectivity index (χ0v) is 17.9. The van der Waals surface area contributed by atoms with Crippen molar-refractivity contribution in [3.63, 3.8) is 0 Å². The predicted molar refractivity (Wildman–Crippen MR) is 133 cm³/mol. The average Bonchev–Trinajstić information content (AvgIpc) is 2.71. The van der Waals surface area contributed by atoms with E-state index < -0.39 is 11.9 Å². The molecule has 0 aliphatic rings. The molecule has 3 nitrogen and oxygen atoms in total. The van der Waals surface area contributed by atoms with Crippen molar-refractivity contribution in [2.24, 2.45) is 0 Å². The van der Waals surface area contributed by atoms with Gasteiger partial charge in [0, 0.05) is 6.42 Å². The summed E-state index contributed by atoms with van der Waals surface area (Å²) in [7, 11) is 0. The molecule has 0 saturated heterocycles. The summed E-state index contributed by atoms with van der Waals surface area (Å²) in [4.78, 5) is 23.5. The molecule has 0 fully saturated rings. The van der Waals surface area contributed by atoms with Crippen LogP contribution in [0, 0.1) is 0 Å². The number of ether oxygens (including phenoxy) is 1. The standard InChI is InChI=1S/C25H40O3.2Ca.4H/c1-2-3-4-5-6-7-8-9-10-11-12-13-14-15-19-22-24(26)28-25(27)23-20-17-16-18-21-23;;;;;;/h16-18,20-21H,2-15,19,22H2,1H3;;;;;;. The first-order valence-electron chi connectivity index (χ1n) is 11.5. The Morgan fingerprint density at radius 1 is 0.633 bits per heavy atom. The molecule has 30 heavy (non-hydrogen) atoms. The van der Waals surface area contributed by atoms with Gasteiger partial charge >= 0.3 is 87.4 Å². The van der Waals surface area contributed by atoms with Gasteiger partial charge in [0.25, 0.3) is 0 Å². The molecule has 0 spiro atoms. The van der Waals surface area contributed by atoms with E-state index in [9.17, 15) is 9.59 Å². The summed E-state index contributed by atoms with van der Waals surface area (Å²) in [6.45, 7) is 2.27. The summed E-state index contributed by atoms with van der Waals surface area (Å²) in [5.41, 5.74) is 0.423. The Morgan fingerprint density at radius 2 is 1.03 bits per heavy atom. The molecule has 0 N–H and O–H groups in total. The number of carbonyl (C=O) groups excluding carboxylic acids is 2. The van der Waals surface area contributed by atoms with Gasteiger partial charge in [-0.3, -0.25) is 4.79 Å². The van der Waals surface area contributed by atoms with E-state index in [-0.39, 0.29) is 75.5 Å². The minimum absolute atomic E-state index is 0. The molecule has 0 aliphatic carbocycles. The summed E-state index contributed by atoms with van der Waals surface area (Å²) in [5, 5.41) is 0. The van der Waals surface area contributed by atoms with Crippen molar-refractivity contribution in [2.45, 2.75) is 110 Å². The van der Waals surface area contributed by atoms with E-state index in [4.69, 9.17) is 4.74 Å². The van der Waals surface area contributed by atoms with Crippen LogP contribution < -0.4 is 0 Å². The average molecular weight is 473 g/mol. The van der Waals surface area contributed by atoms with Gasteiger partial charge in [-0.25, -0.2) is 4.79 Å². The summed E-state index contributed by atoms with van der Waals surface area (Å²) >= 11 is 0. The van der Waals surface area contributed by atoms with E-state index in [2.05, 4.69) is 6.92 Å². The summed E-state index contributed by atoms with van der Waals surface area (Å²) in [5.74, 6) is -0.963. The first-order chi connectivity index (χ1) is 13.7. The molecular formula is C25H44Ca2O3. The molecule has 0 aromatic heterocycles. The van der Waals surface area contributed by atoms with Crippen LogP contribution in [0.4, 0.5) is 0 Å². The van der Waals surface area contributed by atoms with Crippen molar-refractivity contribution in [2.75, 3.05) is 0 Å². The van der Waals surface area contributed by atoms with Gasteiger partial charge in [0.15, 0.2) is 0 Å². The first kappa shape index (κ1) is 33.1. The van der Waals surface area contributed by atoms with Crippen LogP contribution >= 0.6 is 0 Å². The van der Waals surface area contributed by atoms with Crippen LogP contribution in [0.15, 0.2) is 30.3 Å². The minimum atomic E-state index is -0.549. The maximum absolute atomic E-state index is 11.8. The SMILES string of the molecule is CCCCCCCCCCCCCCCCCC(=O)OC(=O)c1ccccc1.[CaH2].[CaH2]. The van der Waals surface area contributed by atoms with Gasteiger partial charge in [0.1, 0.15) is 0 Å². The molecule has 0 aliphatic heterocycles. The van der Waals surface area contributed by atoms with Gasteiger partial charge in [0.2, 0.25) is 0 Å². The molecule has 0 atom stereocenters. The van der Waals surface area contributed by atoms with E-state index in [0.29, 0.717) is 12.0 Å². The van der Waals surface area contributed by atoms with Crippen molar-refractivity contribution in [3.8, 4) is 0 Å². The molecule has 0 heterocycles. The fraction of sp³-hybridized carbons (Fsp3) is 0.680. The molecule has 1 aromatic carbocycles. The van der Waals surface area contributed by atoms with Gasteiger partial charge in [0.05, 0.1) is 5.56 Å². The quantitative estimate of drug-likeness (QED) is 0.125. The van der Waals surface area contributed by atoms with Crippen molar-refractivity contribution in [1.82, 2.24) is 0 Å². The molecule has 1 rings (SSSR count). The molecule has 0 saturated carbocycles. The Morgan fingerprint density at radius 3 is 1.47 bits per heavy atom. The van der Waals surface area contributed by atoms with Crippen molar-refractivity contribution < 1.29 is 14.3 Å². The maximum atomic E-state index is 11.8. The molecule has 0 amide bonds. The number of hydrogen-bond acceptors (Lipinski definition) is 3. The monoisotopic (exact) mass is 472 g/mol. The Bertz CT molecular complexity index is 520. The molecule has 0 bridgehead atoms. The van der Waals surface area contributed by atoms with Crippen LogP contribution in [-0.4, -0.2) is 87.4 Å². The van der Waals surface area contributed by atoms with Gasteiger partial charge in [-0.2, -0.15) is 0 Å². The Hall–Kier alpha value is 0.879. The van der Waals surface area contributed by atoms with E-state index in [1.165, 1.54) is 77.0 Å². The van der Waals surface area contributed by atoms with Gasteiger partial charge in [-0.05, 0) is 18.6 Å². The van der Waals surface area contributed by atoms with Crippen LogP contribution in [0.2, 0.25) is 0 Å². The predicted octanol–water partition coefficient (Wildman–Crippen LogP) is 5.80. The van der Waals surface area contributed by atoms with E-state index in [0.717, 1.165) is 19.3 Å². The Kier molecular flexibility index (Phi) is 27.0. The molecule has 1 aromatic rings. The number of hydrogen-bond donors (Lipinski definition) is 0. The normalized spacial score (nSPS) is 10.0. The number of benzene rings is 1. The van der Waals surface area contributed by atoms with Crippen molar-refractivity contribution in [3.05, 3.63) is 35.9 Å². The van der Waals surface area contributed by atoms with Crippen LogP contribution in [0.3, 0.4) is 0 Å².